The third-order valence-electron chi connectivity index (χ3n) is 2.38. The number of carbonyl (C=O) groups excluding carboxylic acids is 2. The van der Waals surface area contributed by atoms with Crippen molar-refractivity contribution >= 4 is 12.1 Å². The summed E-state index contributed by atoms with van der Waals surface area (Å²) >= 11 is 0. The molecular weight excluding hydrogens is 188 g/mol. The molecule has 0 aliphatic rings. The molecular formula is C13H16O2. The van der Waals surface area contributed by atoms with Crippen molar-refractivity contribution in [2.24, 2.45) is 0 Å². The highest BCUT2D eigenvalue weighted by Crippen LogP contribution is 2.09. The molecule has 0 unspecified atom stereocenters. The molecule has 15 heavy (non-hydrogen) atoms. The van der Waals surface area contributed by atoms with Crippen LogP contribution in [-0.4, -0.2) is 12.1 Å². The van der Waals surface area contributed by atoms with Crippen LogP contribution in [0, 0.1) is 0 Å². The summed E-state index contributed by atoms with van der Waals surface area (Å²) in [5.74, 6) is 0.167. The number of unbranched alkanes of at least 4 members (excludes halogenated alkanes) is 2. The van der Waals surface area contributed by atoms with Crippen LogP contribution in [0.5, 0.6) is 0 Å². The van der Waals surface area contributed by atoms with E-state index in [4.69, 9.17) is 0 Å². The fraction of sp³-hybridized carbons (Fsp3) is 0.385. The van der Waals surface area contributed by atoms with Gasteiger partial charge in [-0.15, -0.1) is 0 Å². The zero-order valence-electron chi connectivity index (χ0n) is 9.03. The van der Waals surface area contributed by atoms with Gasteiger partial charge in [0.1, 0.15) is 6.29 Å². The number of hydrogen-bond donors (Lipinski definition) is 0. The number of carbonyl (C=O) groups is 2. The highest BCUT2D eigenvalue weighted by Gasteiger charge is 2.04. The first kappa shape index (κ1) is 11.6. The molecule has 0 amide bonds. The molecule has 0 heterocycles. The maximum Gasteiger partial charge on any atom is 0.162 e. The lowest BCUT2D eigenvalue weighted by Gasteiger charge is -2.00. The summed E-state index contributed by atoms with van der Waals surface area (Å²) in [6.07, 6.45) is 4.56. The van der Waals surface area contributed by atoms with Gasteiger partial charge in [-0.2, -0.15) is 0 Å². The van der Waals surface area contributed by atoms with Crippen molar-refractivity contribution in [1.29, 1.82) is 0 Å². The van der Waals surface area contributed by atoms with Crippen molar-refractivity contribution in [1.82, 2.24) is 0 Å². The average Bonchev–Trinajstić information content (AvgIpc) is 2.29. The summed E-state index contributed by atoms with van der Waals surface area (Å²) in [7, 11) is 0. The van der Waals surface area contributed by atoms with Crippen molar-refractivity contribution < 1.29 is 9.59 Å². The van der Waals surface area contributed by atoms with Gasteiger partial charge in [-0.25, -0.2) is 0 Å². The van der Waals surface area contributed by atoms with Crippen molar-refractivity contribution in [2.45, 2.75) is 32.6 Å². The van der Waals surface area contributed by atoms with E-state index in [1.54, 1.807) is 24.3 Å². The summed E-state index contributed by atoms with van der Waals surface area (Å²) in [5, 5.41) is 0. The van der Waals surface area contributed by atoms with Crippen LogP contribution in [0.25, 0.3) is 0 Å². The quantitative estimate of drug-likeness (QED) is 0.405. The average molecular weight is 204 g/mol. The van der Waals surface area contributed by atoms with Crippen LogP contribution in [0.2, 0.25) is 0 Å². The molecule has 0 bridgehead atoms. The Morgan fingerprint density at radius 3 is 2.40 bits per heavy atom. The minimum absolute atomic E-state index is 0.167. The largest absolute Gasteiger partial charge is 0.298 e. The Kier molecular flexibility index (Phi) is 4.75. The number of Topliss-reactive ketones (excluding diaryl/α,β-unsaturated/α-hetero) is 1. The summed E-state index contributed by atoms with van der Waals surface area (Å²) in [4.78, 5) is 22.0. The lowest BCUT2D eigenvalue weighted by Crippen LogP contribution is -1.98. The second-order valence-electron chi connectivity index (χ2n) is 3.62. The van der Waals surface area contributed by atoms with E-state index in [1.807, 2.05) is 0 Å². The number of rotatable bonds is 6. The van der Waals surface area contributed by atoms with Gasteiger partial charge in [0.15, 0.2) is 5.78 Å². The van der Waals surface area contributed by atoms with E-state index >= 15 is 0 Å². The molecule has 1 aromatic rings. The van der Waals surface area contributed by atoms with Crippen LogP contribution >= 0.6 is 0 Å². The molecule has 0 radical (unpaired) electrons. The van der Waals surface area contributed by atoms with E-state index < -0.39 is 0 Å². The first-order valence-electron chi connectivity index (χ1n) is 5.36. The monoisotopic (exact) mass is 204 g/mol. The topological polar surface area (TPSA) is 34.1 Å². The molecule has 2 heteroatoms. The molecule has 0 saturated heterocycles. The lowest BCUT2D eigenvalue weighted by atomic mass is 10.0. The van der Waals surface area contributed by atoms with Crippen LogP contribution in [0.15, 0.2) is 24.3 Å². The highest BCUT2D eigenvalue weighted by molar-refractivity contribution is 5.96. The van der Waals surface area contributed by atoms with E-state index in [0.29, 0.717) is 17.5 Å². The molecule has 80 valence electrons. The minimum Gasteiger partial charge on any atom is -0.298 e. The van der Waals surface area contributed by atoms with Crippen molar-refractivity contribution in [3.05, 3.63) is 35.4 Å². The van der Waals surface area contributed by atoms with Gasteiger partial charge < -0.3 is 0 Å². The Morgan fingerprint density at radius 2 is 1.87 bits per heavy atom. The number of hydrogen-bond acceptors (Lipinski definition) is 2. The van der Waals surface area contributed by atoms with E-state index in [9.17, 15) is 9.59 Å². The molecule has 0 saturated carbocycles. The second-order valence-corrected chi connectivity index (χ2v) is 3.62. The Bertz CT molecular complexity index is 325. The van der Waals surface area contributed by atoms with Crippen molar-refractivity contribution in [3.8, 4) is 0 Å². The maximum atomic E-state index is 11.6. The highest BCUT2D eigenvalue weighted by atomic mass is 16.1. The van der Waals surface area contributed by atoms with Crippen LogP contribution in [-0.2, 0) is 0 Å². The summed E-state index contributed by atoms with van der Waals surface area (Å²) in [6.45, 7) is 2.11. The standard InChI is InChI=1S/C13H16O2/c1-2-3-4-5-13(15)12-8-6-11(10-14)7-9-12/h6-10H,2-5H2,1H3. The number of benzene rings is 1. The fourth-order valence-corrected chi connectivity index (χ4v) is 1.43. The van der Waals surface area contributed by atoms with Gasteiger partial charge in [-0.05, 0) is 6.42 Å². The molecule has 0 aliphatic carbocycles. The predicted molar refractivity (Wildman–Crippen MR) is 60.3 cm³/mol. The Morgan fingerprint density at radius 1 is 1.20 bits per heavy atom. The fourth-order valence-electron chi connectivity index (χ4n) is 1.43. The summed E-state index contributed by atoms with van der Waals surface area (Å²) in [5.41, 5.74) is 1.32. The molecule has 0 fully saturated rings. The molecule has 0 aromatic heterocycles. The van der Waals surface area contributed by atoms with E-state index in [1.165, 1.54) is 0 Å². The molecule has 0 aliphatic heterocycles. The van der Waals surface area contributed by atoms with Gasteiger partial charge in [0.05, 0.1) is 0 Å². The third-order valence-corrected chi connectivity index (χ3v) is 2.38. The van der Waals surface area contributed by atoms with Crippen LogP contribution in [0.1, 0.15) is 53.3 Å². The molecule has 1 rings (SSSR count). The maximum absolute atomic E-state index is 11.6. The first-order chi connectivity index (χ1) is 7.27. The minimum atomic E-state index is 0.167. The van der Waals surface area contributed by atoms with Gasteiger partial charge in [0.25, 0.3) is 0 Å². The normalized spacial score (nSPS) is 9.93. The zero-order valence-corrected chi connectivity index (χ0v) is 9.03. The van der Waals surface area contributed by atoms with Crippen molar-refractivity contribution in [2.75, 3.05) is 0 Å². The third kappa shape index (κ3) is 3.66. The molecule has 0 N–H and O–H groups in total. The second kappa shape index (κ2) is 6.12. The van der Waals surface area contributed by atoms with Crippen LogP contribution in [0.4, 0.5) is 0 Å². The van der Waals surface area contributed by atoms with E-state index in [2.05, 4.69) is 6.92 Å². The Hall–Kier alpha value is -1.44. The number of aldehydes is 1. The van der Waals surface area contributed by atoms with Crippen LogP contribution < -0.4 is 0 Å². The lowest BCUT2D eigenvalue weighted by molar-refractivity contribution is 0.0978. The predicted octanol–water partition coefficient (Wildman–Crippen LogP) is 3.26. The Balaban J connectivity index is 2.54. The molecule has 2 nitrogen and oxygen atoms in total. The van der Waals surface area contributed by atoms with Gasteiger partial charge >= 0.3 is 0 Å². The van der Waals surface area contributed by atoms with E-state index in [-0.39, 0.29) is 5.78 Å². The zero-order chi connectivity index (χ0) is 11.1. The van der Waals surface area contributed by atoms with E-state index in [0.717, 1.165) is 25.5 Å². The van der Waals surface area contributed by atoms with Gasteiger partial charge in [-0.1, -0.05) is 44.0 Å². The smallest absolute Gasteiger partial charge is 0.162 e. The van der Waals surface area contributed by atoms with Gasteiger partial charge in [0, 0.05) is 17.5 Å². The summed E-state index contributed by atoms with van der Waals surface area (Å²) < 4.78 is 0. The SMILES string of the molecule is CCCCCC(=O)c1ccc(C=O)cc1. The van der Waals surface area contributed by atoms with Gasteiger partial charge in [0.2, 0.25) is 0 Å². The molecule has 0 spiro atoms. The van der Waals surface area contributed by atoms with Crippen molar-refractivity contribution in [3.63, 3.8) is 0 Å². The van der Waals surface area contributed by atoms with Gasteiger partial charge in [-0.3, -0.25) is 9.59 Å². The number of ketones is 1. The Labute approximate surface area is 90.3 Å². The molecule has 1 aromatic carbocycles. The molecule has 0 atom stereocenters. The first-order valence-corrected chi connectivity index (χ1v) is 5.36. The van der Waals surface area contributed by atoms with Crippen LogP contribution in [0.3, 0.4) is 0 Å². The summed E-state index contributed by atoms with van der Waals surface area (Å²) in [6, 6.07) is 6.80.